The van der Waals surface area contributed by atoms with E-state index in [4.69, 9.17) is 4.74 Å². The summed E-state index contributed by atoms with van der Waals surface area (Å²) >= 11 is 0. The summed E-state index contributed by atoms with van der Waals surface area (Å²) in [6.45, 7) is 4.43. The minimum atomic E-state index is -0.453. The Kier molecular flexibility index (Phi) is 5.57. The second-order valence-electron chi connectivity index (χ2n) is 3.66. The van der Waals surface area contributed by atoms with Gasteiger partial charge >= 0.3 is 0 Å². The number of hydrogen-bond donors (Lipinski definition) is 1. The molecule has 1 aromatic heterocycles. The smallest absolute Gasteiger partial charge is 0.0928 e. The second-order valence-corrected chi connectivity index (χ2v) is 3.66. The van der Waals surface area contributed by atoms with E-state index < -0.39 is 6.10 Å². The van der Waals surface area contributed by atoms with Crippen LogP contribution in [-0.2, 0) is 11.2 Å². The summed E-state index contributed by atoms with van der Waals surface area (Å²) in [6.07, 6.45) is 6.73. The molecule has 0 bridgehead atoms. The van der Waals surface area contributed by atoms with E-state index in [9.17, 15) is 5.11 Å². The van der Waals surface area contributed by atoms with Crippen LogP contribution in [0, 0.1) is 0 Å². The molecule has 1 N–H and O–H groups in total. The molecule has 0 spiro atoms. The van der Waals surface area contributed by atoms with Crippen LogP contribution in [0.1, 0.15) is 37.6 Å². The first kappa shape index (κ1) is 12.7. The van der Waals surface area contributed by atoms with Gasteiger partial charge in [0.25, 0.3) is 0 Å². The fourth-order valence-corrected chi connectivity index (χ4v) is 1.23. The van der Waals surface area contributed by atoms with Crippen molar-refractivity contribution in [1.29, 1.82) is 0 Å². The van der Waals surface area contributed by atoms with Gasteiger partial charge in [-0.2, -0.15) is 0 Å². The Morgan fingerprint density at radius 3 is 2.88 bits per heavy atom. The third-order valence-corrected chi connectivity index (χ3v) is 2.23. The molecule has 3 nitrogen and oxygen atoms in total. The van der Waals surface area contributed by atoms with Gasteiger partial charge in [0.05, 0.1) is 19.0 Å². The Labute approximate surface area is 96.8 Å². The summed E-state index contributed by atoms with van der Waals surface area (Å²) in [5, 5.41) is 9.31. The molecule has 1 rings (SSSR count). The van der Waals surface area contributed by atoms with E-state index in [0.29, 0.717) is 6.61 Å². The molecule has 0 aromatic carbocycles. The zero-order valence-corrected chi connectivity index (χ0v) is 9.89. The SMILES string of the molecule is CC/C=C/OCCc1ccc(C(C)O)cn1. The van der Waals surface area contributed by atoms with Crippen LogP contribution in [0.15, 0.2) is 30.7 Å². The van der Waals surface area contributed by atoms with E-state index in [1.165, 1.54) is 0 Å². The van der Waals surface area contributed by atoms with Crippen LogP contribution in [0.25, 0.3) is 0 Å². The topological polar surface area (TPSA) is 42.4 Å². The highest BCUT2D eigenvalue weighted by atomic mass is 16.5. The van der Waals surface area contributed by atoms with Crippen molar-refractivity contribution in [1.82, 2.24) is 4.98 Å². The highest BCUT2D eigenvalue weighted by molar-refractivity contribution is 5.15. The van der Waals surface area contributed by atoms with Gasteiger partial charge in [-0.1, -0.05) is 19.1 Å². The molecule has 0 radical (unpaired) electrons. The van der Waals surface area contributed by atoms with Gasteiger partial charge in [-0.3, -0.25) is 4.98 Å². The molecule has 0 fully saturated rings. The zero-order chi connectivity index (χ0) is 11.8. The first-order valence-electron chi connectivity index (χ1n) is 5.63. The maximum absolute atomic E-state index is 9.31. The number of nitrogens with zero attached hydrogens (tertiary/aromatic N) is 1. The highest BCUT2D eigenvalue weighted by Crippen LogP contribution is 2.10. The number of aromatic nitrogens is 1. The Morgan fingerprint density at radius 1 is 1.50 bits per heavy atom. The van der Waals surface area contributed by atoms with Gasteiger partial charge in [-0.25, -0.2) is 0 Å². The van der Waals surface area contributed by atoms with Crippen molar-refractivity contribution in [2.75, 3.05) is 6.61 Å². The molecule has 16 heavy (non-hydrogen) atoms. The predicted octanol–water partition coefficient (Wildman–Crippen LogP) is 2.62. The summed E-state index contributed by atoms with van der Waals surface area (Å²) in [7, 11) is 0. The minimum absolute atomic E-state index is 0.453. The molecule has 3 heteroatoms. The largest absolute Gasteiger partial charge is 0.501 e. The van der Waals surface area contributed by atoms with E-state index in [2.05, 4.69) is 11.9 Å². The lowest BCUT2D eigenvalue weighted by atomic mass is 10.1. The number of ether oxygens (including phenoxy) is 1. The number of pyridine rings is 1. The van der Waals surface area contributed by atoms with Crippen LogP contribution in [0.2, 0.25) is 0 Å². The standard InChI is InChI=1S/C13H19NO2/c1-3-4-8-16-9-7-13-6-5-12(10-14-13)11(2)15/h4-6,8,10-11,15H,3,7,9H2,1-2H3/b8-4+. The van der Waals surface area contributed by atoms with Crippen molar-refractivity contribution in [2.45, 2.75) is 32.8 Å². The van der Waals surface area contributed by atoms with Crippen molar-refractivity contribution < 1.29 is 9.84 Å². The van der Waals surface area contributed by atoms with Gasteiger partial charge in [0.2, 0.25) is 0 Å². The quantitative estimate of drug-likeness (QED) is 0.593. The highest BCUT2D eigenvalue weighted by Gasteiger charge is 2.01. The molecule has 88 valence electrons. The number of allylic oxidation sites excluding steroid dienone is 1. The average molecular weight is 221 g/mol. The molecule has 0 saturated heterocycles. The number of hydrogen-bond acceptors (Lipinski definition) is 3. The predicted molar refractivity (Wildman–Crippen MR) is 64.0 cm³/mol. The minimum Gasteiger partial charge on any atom is -0.501 e. The molecular weight excluding hydrogens is 202 g/mol. The molecule has 0 aliphatic rings. The van der Waals surface area contributed by atoms with E-state index in [1.54, 1.807) is 19.4 Å². The summed E-state index contributed by atoms with van der Waals surface area (Å²) < 4.78 is 5.29. The van der Waals surface area contributed by atoms with Gasteiger partial charge in [0, 0.05) is 18.3 Å². The van der Waals surface area contributed by atoms with E-state index >= 15 is 0 Å². The van der Waals surface area contributed by atoms with Crippen molar-refractivity contribution >= 4 is 0 Å². The zero-order valence-electron chi connectivity index (χ0n) is 9.89. The maximum Gasteiger partial charge on any atom is 0.0928 e. The number of aliphatic hydroxyl groups is 1. The molecule has 0 aliphatic heterocycles. The lowest BCUT2D eigenvalue weighted by molar-refractivity contribution is 0.199. The van der Waals surface area contributed by atoms with Crippen LogP contribution in [0.5, 0.6) is 0 Å². The summed E-state index contributed by atoms with van der Waals surface area (Å²) in [4.78, 5) is 4.25. The Balaban J connectivity index is 2.35. The van der Waals surface area contributed by atoms with Crippen LogP contribution < -0.4 is 0 Å². The van der Waals surface area contributed by atoms with Crippen molar-refractivity contribution in [3.63, 3.8) is 0 Å². The van der Waals surface area contributed by atoms with Gasteiger partial charge in [0.1, 0.15) is 0 Å². The monoisotopic (exact) mass is 221 g/mol. The molecule has 0 amide bonds. The first-order valence-corrected chi connectivity index (χ1v) is 5.63. The van der Waals surface area contributed by atoms with Gasteiger partial charge < -0.3 is 9.84 Å². The van der Waals surface area contributed by atoms with Crippen LogP contribution in [-0.4, -0.2) is 16.7 Å². The molecule has 0 aliphatic carbocycles. The van der Waals surface area contributed by atoms with E-state index in [1.807, 2.05) is 18.2 Å². The van der Waals surface area contributed by atoms with Crippen molar-refractivity contribution in [3.8, 4) is 0 Å². The van der Waals surface area contributed by atoms with Crippen molar-refractivity contribution in [2.24, 2.45) is 0 Å². The van der Waals surface area contributed by atoms with E-state index in [0.717, 1.165) is 24.1 Å². The third kappa shape index (κ3) is 4.45. The lowest BCUT2D eigenvalue weighted by Crippen LogP contribution is -1.99. The van der Waals surface area contributed by atoms with E-state index in [-0.39, 0.29) is 0 Å². The van der Waals surface area contributed by atoms with Crippen molar-refractivity contribution in [3.05, 3.63) is 41.9 Å². The number of rotatable bonds is 6. The molecule has 1 atom stereocenters. The van der Waals surface area contributed by atoms with Crippen LogP contribution in [0.4, 0.5) is 0 Å². The number of aliphatic hydroxyl groups excluding tert-OH is 1. The summed E-state index contributed by atoms with van der Waals surface area (Å²) in [5.41, 5.74) is 1.82. The van der Waals surface area contributed by atoms with Crippen LogP contribution in [0.3, 0.4) is 0 Å². The fraction of sp³-hybridized carbons (Fsp3) is 0.462. The fourth-order valence-electron chi connectivity index (χ4n) is 1.23. The first-order chi connectivity index (χ1) is 7.74. The third-order valence-electron chi connectivity index (χ3n) is 2.23. The van der Waals surface area contributed by atoms with Gasteiger partial charge in [0.15, 0.2) is 0 Å². The van der Waals surface area contributed by atoms with Gasteiger partial charge in [-0.15, -0.1) is 0 Å². The lowest BCUT2D eigenvalue weighted by Gasteiger charge is -2.05. The Morgan fingerprint density at radius 2 is 2.31 bits per heavy atom. The van der Waals surface area contributed by atoms with Gasteiger partial charge in [-0.05, 0) is 25.0 Å². The summed E-state index contributed by atoms with van der Waals surface area (Å²) in [6, 6.07) is 3.82. The molecule has 1 unspecified atom stereocenters. The molecule has 0 saturated carbocycles. The summed E-state index contributed by atoms with van der Waals surface area (Å²) in [5.74, 6) is 0. The Hall–Kier alpha value is -1.35. The van der Waals surface area contributed by atoms with Crippen LogP contribution >= 0.6 is 0 Å². The average Bonchev–Trinajstić information content (AvgIpc) is 2.29. The maximum atomic E-state index is 9.31. The molecule has 1 aromatic rings. The molecule has 1 heterocycles. The molecular formula is C13H19NO2. The Bertz CT molecular complexity index is 317. The normalized spacial score (nSPS) is 12.9. The second kappa shape index (κ2) is 7.01.